The molecular weight excluding hydrogens is 394 g/mol. The van der Waals surface area contributed by atoms with Crippen LogP contribution in [0.4, 0.5) is 0 Å². The molecular formula is C17H20ClN3O5S. The number of nitrogens with one attached hydrogen (secondary N) is 1. The second-order valence-corrected chi connectivity index (χ2v) is 9.07. The molecule has 3 rings (SSSR count). The van der Waals surface area contributed by atoms with Gasteiger partial charge < -0.3 is 10.1 Å². The summed E-state index contributed by atoms with van der Waals surface area (Å²) in [6.45, 7) is 0.538. The Morgan fingerprint density at radius 2 is 2.04 bits per heavy atom. The standard InChI is InChI=1S/C17H20ClN3O5S/c18-12-1-3-14(4-2-12)26-9-8-19-17(23)15-5-6-16(22)21(20-15)13-7-10-27(24,25)11-13/h1-4,13H,5-11H2,(H,19,23). The van der Waals surface area contributed by atoms with Crippen molar-refractivity contribution in [1.82, 2.24) is 10.3 Å². The van der Waals surface area contributed by atoms with Crippen molar-refractivity contribution in [3.63, 3.8) is 0 Å². The maximum atomic E-state index is 12.3. The van der Waals surface area contributed by atoms with Gasteiger partial charge in [-0.3, -0.25) is 9.59 Å². The van der Waals surface area contributed by atoms with Gasteiger partial charge in [-0.05, 0) is 30.7 Å². The molecule has 146 valence electrons. The lowest BCUT2D eigenvalue weighted by Gasteiger charge is -2.27. The molecule has 2 aliphatic heterocycles. The summed E-state index contributed by atoms with van der Waals surface area (Å²) in [5.74, 6) is -0.0530. The zero-order chi connectivity index (χ0) is 19.4. The van der Waals surface area contributed by atoms with Crippen LogP contribution < -0.4 is 10.1 Å². The van der Waals surface area contributed by atoms with E-state index in [1.165, 1.54) is 5.01 Å². The molecule has 0 radical (unpaired) electrons. The van der Waals surface area contributed by atoms with Crippen LogP contribution in [0.1, 0.15) is 19.3 Å². The summed E-state index contributed by atoms with van der Waals surface area (Å²) in [6.07, 6.45) is 0.726. The van der Waals surface area contributed by atoms with E-state index in [1.807, 2.05) is 0 Å². The highest BCUT2D eigenvalue weighted by molar-refractivity contribution is 7.91. The molecule has 10 heteroatoms. The third kappa shape index (κ3) is 5.20. The van der Waals surface area contributed by atoms with Gasteiger partial charge in [0.15, 0.2) is 9.84 Å². The summed E-state index contributed by atoms with van der Waals surface area (Å²) in [5, 5.41) is 8.61. The minimum Gasteiger partial charge on any atom is -0.492 e. The largest absolute Gasteiger partial charge is 0.492 e. The van der Waals surface area contributed by atoms with Crippen molar-refractivity contribution in [2.24, 2.45) is 5.10 Å². The first-order valence-corrected chi connectivity index (χ1v) is 10.8. The number of rotatable bonds is 6. The number of carbonyl (C=O) groups excluding carboxylic acids is 2. The number of benzene rings is 1. The van der Waals surface area contributed by atoms with E-state index in [0.717, 1.165) is 0 Å². The van der Waals surface area contributed by atoms with Gasteiger partial charge in [0.05, 0.1) is 24.1 Å². The number of hydrogen-bond acceptors (Lipinski definition) is 6. The van der Waals surface area contributed by atoms with Crippen molar-refractivity contribution in [3.8, 4) is 5.75 Å². The Morgan fingerprint density at radius 3 is 2.70 bits per heavy atom. The van der Waals surface area contributed by atoms with E-state index < -0.39 is 15.9 Å². The molecule has 1 aromatic rings. The van der Waals surface area contributed by atoms with Crippen LogP contribution in [0.3, 0.4) is 0 Å². The normalized spacial score (nSPS) is 21.7. The van der Waals surface area contributed by atoms with Crippen LogP contribution in [0, 0.1) is 0 Å². The summed E-state index contributed by atoms with van der Waals surface area (Å²) in [4.78, 5) is 24.3. The molecule has 27 heavy (non-hydrogen) atoms. The highest BCUT2D eigenvalue weighted by Crippen LogP contribution is 2.22. The molecule has 0 bridgehead atoms. The Hall–Kier alpha value is -2.13. The van der Waals surface area contributed by atoms with E-state index in [-0.39, 0.29) is 55.0 Å². The number of carbonyl (C=O) groups is 2. The Kier molecular flexibility index (Phi) is 6.01. The summed E-state index contributed by atoms with van der Waals surface area (Å²) in [5.41, 5.74) is 0.227. The predicted octanol–water partition coefficient (Wildman–Crippen LogP) is 1.00. The quantitative estimate of drug-likeness (QED) is 0.700. The minimum atomic E-state index is -3.14. The number of hydrazone groups is 1. The lowest BCUT2D eigenvalue weighted by molar-refractivity contribution is -0.133. The Balaban J connectivity index is 1.52. The van der Waals surface area contributed by atoms with E-state index >= 15 is 0 Å². The number of sulfone groups is 1. The van der Waals surface area contributed by atoms with Crippen LogP contribution in [0.15, 0.2) is 29.4 Å². The van der Waals surface area contributed by atoms with Crippen molar-refractivity contribution >= 4 is 39.0 Å². The van der Waals surface area contributed by atoms with Crippen LogP contribution in [0.2, 0.25) is 5.02 Å². The second-order valence-electron chi connectivity index (χ2n) is 6.40. The minimum absolute atomic E-state index is 0.0422. The molecule has 0 aliphatic carbocycles. The zero-order valence-corrected chi connectivity index (χ0v) is 16.1. The molecule has 2 amide bonds. The van der Waals surface area contributed by atoms with Crippen molar-refractivity contribution in [1.29, 1.82) is 0 Å². The molecule has 8 nitrogen and oxygen atoms in total. The van der Waals surface area contributed by atoms with Gasteiger partial charge in [0.1, 0.15) is 18.1 Å². The van der Waals surface area contributed by atoms with Gasteiger partial charge in [-0.25, -0.2) is 13.4 Å². The molecule has 2 heterocycles. The fourth-order valence-corrected chi connectivity index (χ4v) is 4.77. The molecule has 1 N–H and O–H groups in total. The van der Waals surface area contributed by atoms with Crippen LogP contribution in [0.5, 0.6) is 5.75 Å². The number of nitrogens with zero attached hydrogens (tertiary/aromatic N) is 2. The third-order valence-corrected chi connectivity index (χ3v) is 6.35. The average Bonchev–Trinajstić information content (AvgIpc) is 3.00. The highest BCUT2D eigenvalue weighted by Gasteiger charge is 2.37. The van der Waals surface area contributed by atoms with Crippen molar-refractivity contribution in [2.75, 3.05) is 24.7 Å². The van der Waals surface area contributed by atoms with E-state index in [1.54, 1.807) is 24.3 Å². The zero-order valence-electron chi connectivity index (χ0n) is 14.6. The molecule has 0 spiro atoms. The van der Waals surface area contributed by atoms with Gasteiger partial charge in [0.25, 0.3) is 5.91 Å². The summed E-state index contributed by atoms with van der Waals surface area (Å²) >= 11 is 5.80. The van der Waals surface area contributed by atoms with Crippen molar-refractivity contribution in [3.05, 3.63) is 29.3 Å². The van der Waals surface area contributed by atoms with Crippen LogP contribution in [0.25, 0.3) is 0 Å². The van der Waals surface area contributed by atoms with Gasteiger partial charge >= 0.3 is 0 Å². The van der Waals surface area contributed by atoms with Gasteiger partial charge in [0.2, 0.25) is 5.91 Å². The lowest BCUT2D eigenvalue weighted by Crippen LogP contribution is -2.44. The van der Waals surface area contributed by atoms with Crippen LogP contribution in [-0.4, -0.2) is 61.7 Å². The van der Waals surface area contributed by atoms with E-state index in [4.69, 9.17) is 16.3 Å². The first kappa shape index (κ1) is 19.6. The lowest BCUT2D eigenvalue weighted by atomic mass is 10.1. The highest BCUT2D eigenvalue weighted by atomic mass is 35.5. The van der Waals surface area contributed by atoms with Gasteiger partial charge in [-0.1, -0.05) is 11.6 Å². The molecule has 1 aromatic carbocycles. The van der Waals surface area contributed by atoms with Crippen molar-refractivity contribution < 1.29 is 22.7 Å². The number of amides is 2. The summed E-state index contributed by atoms with van der Waals surface area (Å²) in [7, 11) is -3.14. The Morgan fingerprint density at radius 1 is 1.30 bits per heavy atom. The van der Waals surface area contributed by atoms with Gasteiger partial charge in [0, 0.05) is 17.9 Å². The van der Waals surface area contributed by atoms with Crippen molar-refractivity contribution in [2.45, 2.75) is 25.3 Å². The number of ether oxygens (including phenoxy) is 1. The van der Waals surface area contributed by atoms with Gasteiger partial charge in [-0.2, -0.15) is 5.10 Å². The number of halogens is 1. The van der Waals surface area contributed by atoms with Crippen LogP contribution in [-0.2, 0) is 19.4 Å². The predicted molar refractivity (Wildman–Crippen MR) is 101 cm³/mol. The Bertz CT molecular complexity index is 854. The Labute approximate surface area is 162 Å². The van der Waals surface area contributed by atoms with Gasteiger partial charge in [-0.15, -0.1) is 0 Å². The summed E-state index contributed by atoms with van der Waals surface area (Å²) < 4.78 is 28.8. The molecule has 1 unspecified atom stereocenters. The molecule has 1 saturated heterocycles. The average molecular weight is 414 g/mol. The maximum Gasteiger partial charge on any atom is 0.267 e. The monoisotopic (exact) mass is 413 g/mol. The van der Waals surface area contributed by atoms with Crippen LogP contribution >= 0.6 is 11.6 Å². The summed E-state index contributed by atoms with van der Waals surface area (Å²) in [6, 6.07) is 6.39. The molecule has 2 aliphatic rings. The SMILES string of the molecule is O=C(NCCOc1ccc(Cl)cc1)C1=NN(C2CCS(=O)(=O)C2)C(=O)CC1. The first-order chi connectivity index (χ1) is 12.8. The fraction of sp³-hybridized carbons (Fsp3) is 0.471. The molecule has 0 saturated carbocycles. The number of hydrogen-bond donors (Lipinski definition) is 1. The molecule has 1 fully saturated rings. The molecule has 1 atom stereocenters. The van der Waals surface area contributed by atoms with E-state index in [2.05, 4.69) is 10.4 Å². The van der Waals surface area contributed by atoms with E-state index in [0.29, 0.717) is 17.2 Å². The second kappa shape index (κ2) is 8.26. The topological polar surface area (TPSA) is 105 Å². The maximum absolute atomic E-state index is 12.3. The third-order valence-electron chi connectivity index (χ3n) is 4.35. The first-order valence-electron chi connectivity index (χ1n) is 8.60. The smallest absolute Gasteiger partial charge is 0.267 e. The van der Waals surface area contributed by atoms with E-state index in [9.17, 15) is 18.0 Å². The molecule has 0 aromatic heterocycles. The fourth-order valence-electron chi connectivity index (χ4n) is 2.95.